The Morgan fingerprint density at radius 3 is 2.28 bits per heavy atom. The lowest BCUT2D eigenvalue weighted by atomic mass is 10.1. The lowest BCUT2D eigenvalue weighted by molar-refractivity contribution is -0.118. The van der Waals surface area contributed by atoms with E-state index in [0.717, 1.165) is 0 Å². The number of hydrogen-bond acceptors (Lipinski definition) is 10. The van der Waals surface area contributed by atoms with Crippen molar-refractivity contribution >= 4 is 11.9 Å². The van der Waals surface area contributed by atoms with Gasteiger partial charge in [-0.15, -0.1) is 10.2 Å². The first-order chi connectivity index (χ1) is 11.6. The van der Waals surface area contributed by atoms with E-state index >= 15 is 0 Å². The number of aromatic nitrogens is 2. The number of amides is 3. The molecule has 1 heterocycles. The van der Waals surface area contributed by atoms with Crippen LogP contribution in [0.2, 0.25) is 0 Å². The summed E-state index contributed by atoms with van der Waals surface area (Å²) in [6.45, 7) is 0.784. The van der Waals surface area contributed by atoms with Gasteiger partial charge in [-0.3, -0.25) is 4.79 Å². The maximum absolute atomic E-state index is 12.0. The maximum Gasteiger partial charge on any atom is 0.315 e. The fraction of sp³-hybridized carbons (Fsp3) is 0.667. The van der Waals surface area contributed by atoms with Crippen molar-refractivity contribution < 1.29 is 34.4 Å². The van der Waals surface area contributed by atoms with E-state index in [-0.39, 0.29) is 11.8 Å². The smallest absolute Gasteiger partial charge is 0.315 e. The monoisotopic (exact) mass is 362 g/mol. The van der Waals surface area contributed by atoms with E-state index in [4.69, 9.17) is 31.2 Å². The Morgan fingerprint density at radius 1 is 1.20 bits per heavy atom. The molecule has 0 aliphatic carbocycles. The van der Waals surface area contributed by atoms with Crippen LogP contribution in [0, 0.1) is 0 Å². The number of aliphatic hydroxyl groups excluding tert-OH is 3. The third kappa shape index (κ3) is 6.24. The first-order valence-corrected chi connectivity index (χ1v) is 7.25. The van der Waals surface area contributed by atoms with Gasteiger partial charge in [-0.2, -0.15) is 0 Å². The highest BCUT2D eigenvalue weighted by Gasteiger charge is 2.28. The molecule has 3 amide bonds. The fourth-order valence-corrected chi connectivity index (χ4v) is 1.81. The number of urea groups is 1. The quantitative estimate of drug-likeness (QED) is 0.200. The van der Waals surface area contributed by atoms with Gasteiger partial charge in [-0.1, -0.05) is 0 Å². The molecule has 10 N–H and O–H groups in total. The van der Waals surface area contributed by atoms with Crippen LogP contribution in [0.5, 0.6) is 0 Å². The molecule has 0 saturated carbocycles. The summed E-state index contributed by atoms with van der Waals surface area (Å²) in [4.78, 5) is 23.1. The van der Waals surface area contributed by atoms with Crippen molar-refractivity contribution in [3.63, 3.8) is 0 Å². The van der Waals surface area contributed by atoms with Gasteiger partial charge in [0.05, 0.1) is 19.1 Å². The normalized spacial score (nSPS) is 16.1. The van der Waals surface area contributed by atoms with Crippen molar-refractivity contribution in [1.29, 1.82) is 0 Å². The Labute approximate surface area is 142 Å². The van der Waals surface area contributed by atoms with Gasteiger partial charge in [0.15, 0.2) is 6.29 Å². The second kappa shape index (κ2) is 9.24. The first-order valence-electron chi connectivity index (χ1n) is 7.25. The Balaban J connectivity index is 2.87. The van der Waals surface area contributed by atoms with Crippen molar-refractivity contribution in [2.45, 2.75) is 43.9 Å². The zero-order chi connectivity index (χ0) is 19.1. The van der Waals surface area contributed by atoms with E-state index < -0.39 is 55.5 Å². The summed E-state index contributed by atoms with van der Waals surface area (Å²) in [5.74, 6) is -1.08. The van der Waals surface area contributed by atoms with Crippen molar-refractivity contribution in [2.75, 3.05) is 6.61 Å². The molecule has 13 heteroatoms. The van der Waals surface area contributed by atoms with Crippen molar-refractivity contribution in [3.8, 4) is 0 Å². The van der Waals surface area contributed by atoms with Gasteiger partial charge in [0.2, 0.25) is 17.7 Å². The number of nitrogens with zero attached hydrogens (tertiary/aromatic N) is 2. The van der Waals surface area contributed by atoms with Gasteiger partial charge in [0.25, 0.3) is 0 Å². The summed E-state index contributed by atoms with van der Waals surface area (Å²) in [7, 11) is 0. The zero-order valence-corrected chi connectivity index (χ0v) is 13.4. The summed E-state index contributed by atoms with van der Waals surface area (Å²) in [5, 5.41) is 48.2. The second-order valence-electron chi connectivity index (χ2n) is 5.29. The number of primary amides is 1. The molecular formula is C12H22N6O7. The van der Waals surface area contributed by atoms with E-state index in [9.17, 15) is 14.7 Å². The molecular weight excluding hydrogens is 340 g/mol. The highest BCUT2D eigenvalue weighted by atomic mass is 16.5. The molecule has 1 rings (SSSR count). The molecule has 0 aliphatic rings. The van der Waals surface area contributed by atoms with Gasteiger partial charge >= 0.3 is 6.03 Å². The van der Waals surface area contributed by atoms with E-state index in [1.54, 1.807) is 0 Å². The molecule has 4 atom stereocenters. The van der Waals surface area contributed by atoms with Gasteiger partial charge in [-0.25, -0.2) is 4.79 Å². The molecule has 0 bridgehead atoms. The molecule has 1 aromatic rings. The van der Waals surface area contributed by atoms with Crippen LogP contribution in [0.4, 0.5) is 4.79 Å². The van der Waals surface area contributed by atoms with E-state index in [0.29, 0.717) is 0 Å². The minimum Gasteiger partial charge on any atom is -0.421 e. The number of hydrogen-bond donors (Lipinski definition) is 8. The fourth-order valence-electron chi connectivity index (χ4n) is 1.81. The predicted molar refractivity (Wildman–Crippen MR) is 80.2 cm³/mol. The van der Waals surface area contributed by atoms with E-state index in [2.05, 4.69) is 20.8 Å². The van der Waals surface area contributed by atoms with Crippen LogP contribution < -0.4 is 22.1 Å². The zero-order valence-electron chi connectivity index (χ0n) is 13.4. The molecule has 0 aliphatic heterocycles. The van der Waals surface area contributed by atoms with Crippen LogP contribution in [0.15, 0.2) is 4.42 Å². The highest BCUT2D eigenvalue weighted by molar-refractivity contribution is 5.78. The average Bonchev–Trinajstić information content (AvgIpc) is 3.00. The summed E-state index contributed by atoms with van der Waals surface area (Å²) < 4.78 is 5.19. The SMILES string of the molecule is CC(O)[C@H](NC(=O)N[C@@H](CC(N)=O)c1nnc([C@@H](N)CO)o1)C(O)O. The topological polar surface area (TPSA) is 230 Å². The molecule has 25 heavy (non-hydrogen) atoms. The molecule has 0 aromatic carbocycles. The highest BCUT2D eigenvalue weighted by Crippen LogP contribution is 2.17. The van der Waals surface area contributed by atoms with Crippen molar-refractivity contribution in [2.24, 2.45) is 11.5 Å². The van der Waals surface area contributed by atoms with E-state index in [1.165, 1.54) is 6.92 Å². The summed E-state index contributed by atoms with van der Waals surface area (Å²) in [5.41, 5.74) is 10.6. The largest absolute Gasteiger partial charge is 0.421 e. The summed E-state index contributed by atoms with van der Waals surface area (Å²) in [6, 6.07) is -4.39. The molecule has 0 radical (unpaired) electrons. The van der Waals surface area contributed by atoms with Crippen LogP contribution in [-0.4, -0.2) is 67.6 Å². The minimum absolute atomic E-state index is 0.109. The molecule has 0 fully saturated rings. The third-order valence-electron chi connectivity index (χ3n) is 3.12. The lowest BCUT2D eigenvalue weighted by Crippen LogP contribution is -2.53. The number of nitrogens with one attached hydrogen (secondary N) is 2. The second-order valence-corrected chi connectivity index (χ2v) is 5.29. The molecule has 1 aromatic heterocycles. The standard InChI is InChI=1S/C12H22N6O7/c1-4(20)8(11(22)23)16-12(24)15-6(2-7(14)21)10-18-17-9(25-10)5(13)3-19/h4-6,8,11,19-20,22-23H,2-3,13H2,1H3,(H2,14,21)(H2,15,16,24)/t4?,5-,6-,8-/m0/s1. The van der Waals surface area contributed by atoms with E-state index in [1.807, 2.05) is 0 Å². The van der Waals surface area contributed by atoms with Crippen molar-refractivity contribution in [1.82, 2.24) is 20.8 Å². The molecule has 13 nitrogen and oxygen atoms in total. The van der Waals surface area contributed by atoms with Gasteiger partial charge in [0, 0.05) is 0 Å². The summed E-state index contributed by atoms with van der Waals surface area (Å²) >= 11 is 0. The Bertz CT molecular complexity index is 570. The van der Waals surface area contributed by atoms with Crippen molar-refractivity contribution in [3.05, 3.63) is 11.8 Å². The van der Waals surface area contributed by atoms with Crippen LogP contribution in [0.1, 0.15) is 37.2 Å². The maximum atomic E-state index is 12.0. The number of nitrogens with two attached hydrogens (primary N) is 2. The number of aliphatic hydroxyl groups is 4. The Kier molecular flexibility index (Phi) is 7.66. The molecule has 0 saturated heterocycles. The predicted octanol–water partition coefficient (Wildman–Crippen LogP) is -3.66. The Hall–Kier alpha value is -2.32. The third-order valence-corrected chi connectivity index (χ3v) is 3.12. The lowest BCUT2D eigenvalue weighted by Gasteiger charge is -2.24. The van der Waals surface area contributed by atoms with Crippen LogP contribution in [0.25, 0.3) is 0 Å². The molecule has 1 unspecified atom stereocenters. The van der Waals surface area contributed by atoms with Gasteiger partial charge in [0.1, 0.15) is 18.1 Å². The number of carbonyl (C=O) groups is 2. The first kappa shape index (κ1) is 20.7. The van der Waals surface area contributed by atoms with Crippen LogP contribution >= 0.6 is 0 Å². The summed E-state index contributed by atoms with van der Waals surface area (Å²) in [6.07, 6.45) is -3.68. The van der Waals surface area contributed by atoms with Gasteiger partial charge < -0.3 is 46.9 Å². The van der Waals surface area contributed by atoms with Gasteiger partial charge in [-0.05, 0) is 6.92 Å². The average molecular weight is 362 g/mol. The number of carbonyl (C=O) groups excluding carboxylic acids is 2. The van der Waals surface area contributed by atoms with Crippen LogP contribution in [-0.2, 0) is 4.79 Å². The van der Waals surface area contributed by atoms with Crippen LogP contribution in [0.3, 0.4) is 0 Å². The Morgan fingerprint density at radius 2 is 1.80 bits per heavy atom. The minimum atomic E-state index is -2.02. The molecule has 0 spiro atoms. The molecule has 142 valence electrons. The number of rotatable bonds is 9.